The molecule has 2 aliphatic rings. The number of anilines is 1. The molecule has 0 aliphatic carbocycles. The first-order valence-electron chi connectivity index (χ1n) is 9.37. The number of rotatable bonds is 6. The van der Waals surface area contributed by atoms with Gasteiger partial charge in [-0.25, -0.2) is 4.98 Å². The molecule has 142 valence electrons. The number of piperidine rings is 2. The van der Waals surface area contributed by atoms with Gasteiger partial charge in [0.2, 0.25) is 0 Å². The van der Waals surface area contributed by atoms with Gasteiger partial charge in [-0.3, -0.25) is 4.90 Å². The Bertz CT molecular complexity index is 760. The minimum Gasteiger partial charge on any atom is -0.491 e. The van der Waals surface area contributed by atoms with E-state index in [0.29, 0.717) is 29.7 Å². The summed E-state index contributed by atoms with van der Waals surface area (Å²) in [5.74, 6) is 1.95. The summed E-state index contributed by atoms with van der Waals surface area (Å²) >= 11 is 1.71. The lowest BCUT2D eigenvalue weighted by atomic mass is 9.85. The average Bonchev–Trinajstić information content (AvgIpc) is 3.21. The monoisotopic (exact) mass is 384 g/mol. The molecular weight excluding hydrogens is 360 g/mol. The molecule has 2 aliphatic heterocycles. The van der Waals surface area contributed by atoms with Crippen molar-refractivity contribution in [2.24, 2.45) is 11.8 Å². The van der Waals surface area contributed by atoms with Crippen LogP contribution in [0.5, 0.6) is 5.75 Å². The molecule has 3 atom stereocenters. The van der Waals surface area contributed by atoms with E-state index in [0.717, 1.165) is 31.3 Å². The summed E-state index contributed by atoms with van der Waals surface area (Å²) in [7, 11) is 0. The van der Waals surface area contributed by atoms with Crippen LogP contribution >= 0.6 is 11.3 Å². The van der Waals surface area contributed by atoms with Crippen LogP contribution in [-0.4, -0.2) is 60.4 Å². The Labute approximate surface area is 163 Å². The second-order valence-electron chi connectivity index (χ2n) is 7.51. The molecule has 7 heteroatoms. The van der Waals surface area contributed by atoms with Gasteiger partial charge in [-0.05, 0) is 42.5 Å². The number of aromatic nitrogens is 1. The van der Waals surface area contributed by atoms with Crippen molar-refractivity contribution in [3.63, 3.8) is 0 Å². The molecular formula is C20H24N4O2S. The second-order valence-corrected chi connectivity index (χ2v) is 8.38. The minimum atomic E-state index is -0.519. The van der Waals surface area contributed by atoms with E-state index >= 15 is 0 Å². The highest BCUT2D eigenvalue weighted by Crippen LogP contribution is 2.32. The Balaban J connectivity index is 1.25. The summed E-state index contributed by atoms with van der Waals surface area (Å²) in [6.45, 7) is 5.05. The lowest BCUT2D eigenvalue weighted by Gasteiger charge is -2.46. The number of thiazole rings is 1. The van der Waals surface area contributed by atoms with Crippen molar-refractivity contribution in [1.82, 2.24) is 9.88 Å². The van der Waals surface area contributed by atoms with Gasteiger partial charge in [-0.2, -0.15) is 5.26 Å². The third-order valence-electron chi connectivity index (χ3n) is 5.24. The first kappa shape index (κ1) is 18.2. The number of fused-ring (bicyclic) bond motifs is 2. The highest BCUT2D eigenvalue weighted by atomic mass is 32.1. The van der Waals surface area contributed by atoms with Crippen LogP contribution in [0.3, 0.4) is 0 Å². The molecule has 2 aromatic rings. The average molecular weight is 385 g/mol. The van der Waals surface area contributed by atoms with Gasteiger partial charge in [-0.1, -0.05) is 0 Å². The minimum absolute atomic E-state index is 0.267. The summed E-state index contributed by atoms with van der Waals surface area (Å²) in [6.07, 6.45) is 2.63. The molecule has 4 rings (SSSR count). The molecule has 1 N–H and O–H groups in total. The normalized spacial score (nSPS) is 23.6. The predicted octanol–water partition coefficient (Wildman–Crippen LogP) is 2.21. The van der Waals surface area contributed by atoms with Gasteiger partial charge in [0, 0.05) is 44.3 Å². The Morgan fingerprint density at radius 1 is 1.22 bits per heavy atom. The van der Waals surface area contributed by atoms with Gasteiger partial charge in [0.05, 0.1) is 11.6 Å². The van der Waals surface area contributed by atoms with Crippen LogP contribution in [-0.2, 0) is 0 Å². The summed E-state index contributed by atoms with van der Waals surface area (Å²) < 4.78 is 5.67. The van der Waals surface area contributed by atoms with Crippen molar-refractivity contribution in [3.05, 3.63) is 41.4 Å². The smallest absolute Gasteiger partial charge is 0.185 e. The molecule has 0 saturated carbocycles. The molecule has 27 heavy (non-hydrogen) atoms. The molecule has 2 saturated heterocycles. The van der Waals surface area contributed by atoms with Gasteiger partial charge in [0.25, 0.3) is 0 Å². The zero-order valence-corrected chi connectivity index (χ0v) is 16.0. The van der Waals surface area contributed by atoms with E-state index < -0.39 is 6.10 Å². The number of ether oxygens (including phenoxy) is 1. The van der Waals surface area contributed by atoms with Crippen LogP contribution in [0, 0.1) is 23.2 Å². The fraction of sp³-hybridized carbons (Fsp3) is 0.500. The molecule has 3 unspecified atom stereocenters. The van der Waals surface area contributed by atoms with Crippen LogP contribution < -0.4 is 9.64 Å². The molecule has 3 heterocycles. The molecule has 0 amide bonds. The van der Waals surface area contributed by atoms with E-state index in [2.05, 4.69) is 20.9 Å². The van der Waals surface area contributed by atoms with E-state index in [1.54, 1.807) is 35.6 Å². The Morgan fingerprint density at radius 2 is 1.96 bits per heavy atom. The van der Waals surface area contributed by atoms with E-state index in [9.17, 15) is 5.11 Å². The molecule has 0 spiro atoms. The second kappa shape index (κ2) is 8.26. The van der Waals surface area contributed by atoms with Gasteiger partial charge in [-0.15, -0.1) is 11.3 Å². The van der Waals surface area contributed by atoms with Crippen LogP contribution in [0.4, 0.5) is 5.13 Å². The van der Waals surface area contributed by atoms with Gasteiger partial charge >= 0.3 is 0 Å². The number of β-amino-alcohol motifs (C(OH)–C–C–N with tert-alkyl or cyclic N) is 1. The molecule has 2 fully saturated rings. The number of benzene rings is 1. The maximum Gasteiger partial charge on any atom is 0.185 e. The lowest BCUT2D eigenvalue weighted by Crippen LogP contribution is -2.54. The molecule has 2 bridgehead atoms. The van der Waals surface area contributed by atoms with E-state index in [4.69, 9.17) is 10.00 Å². The summed E-state index contributed by atoms with van der Waals surface area (Å²) in [5, 5.41) is 22.4. The largest absolute Gasteiger partial charge is 0.491 e. The number of nitrogens with zero attached hydrogens (tertiary/aromatic N) is 4. The van der Waals surface area contributed by atoms with E-state index in [-0.39, 0.29) is 6.61 Å². The first-order valence-corrected chi connectivity index (χ1v) is 10.3. The standard InChI is InChI=1S/C20H24N4O2S/c21-8-15-1-3-19(4-2-15)26-14-18(25)13-23-9-16-7-17(10-23)12-24(11-16)20-22-5-6-27-20/h1-6,16-18,25H,7,9-14H2. The maximum atomic E-state index is 10.4. The highest BCUT2D eigenvalue weighted by molar-refractivity contribution is 7.13. The van der Waals surface area contributed by atoms with Crippen LogP contribution in [0.15, 0.2) is 35.8 Å². The van der Waals surface area contributed by atoms with E-state index in [1.165, 1.54) is 6.42 Å². The number of hydrogen-bond donors (Lipinski definition) is 1. The Hall–Kier alpha value is -2.14. The number of aliphatic hydroxyl groups excluding tert-OH is 1. The quantitative estimate of drug-likeness (QED) is 0.823. The lowest BCUT2D eigenvalue weighted by molar-refractivity contribution is 0.0335. The number of aliphatic hydroxyl groups is 1. The topological polar surface area (TPSA) is 72.6 Å². The highest BCUT2D eigenvalue weighted by Gasteiger charge is 2.35. The van der Waals surface area contributed by atoms with E-state index in [1.807, 2.05) is 11.6 Å². The fourth-order valence-electron chi connectivity index (χ4n) is 4.23. The third kappa shape index (κ3) is 4.59. The fourth-order valence-corrected chi connectivity index (χ4v) is 4.90. The molecule has 0 radical (unpaired) electrons. The van der Waals surface area contributed by atoms with Crippen molar-refractivity contribution < 1.29 is 9.84 Å². The summed E-state index contributed by atoms with van der Waals surface area (Å²) in [4.78, 5) is 9.26. The van der Waals surface area contributed by atoms with Crippen LogP contribution in [0.25, 0.3) is 0 Å². The molecule has 1 aromatic carbocycles. The Kier molecular flexibility index (Phi) is 5.58. The maximum absolute atomic E-state index is 10.4. The zero-order chi connectivity index (χ0) is 18.6. The van der Waals surface area contributed by atoms with Gasteiger partial charge in [0.15, 0.2) is 5.13 Å². The van der Waals surface area contributed by atoms with Crippen molar-refractivity contribution in [3.8, 4) is 11.8 Å². The van der Waals surface area contributed by atoms with Crippen molar-refractivity contribution in [2.75, 3.05) is 44.2 Å². The van der Waals surface area contributed by atoms with Crippen molar-refractivity contribution in [1.29, 1.82) is 5.26 Å². The number of nitriles is 1. The summed E-state index contributed by atoms with van der Waals surface area (Å²) in [6, 6.07) is 9.07. The molecule has 6 nitrogen and oxygen atoms in total. The summed E-state index contributed by atoms with van der Waals surface area (Å²) in [5.41, 5.74) is 0.606. The third-order valence-corrected chi connectivity index (χ3v) is 6.07. The zero-order valence-electron chi connectivity index (χ0n) is 15.2. The SMILES string of the molecule is N#Cc1ccc(OCC(O)CN2CC3CC(C2)CN(c2nccs2)C3)cc1. The van der Waals surface area contributed by atoms with Crippen molar-refractivity contribution in [2.45, 2.75) is 12.5 Å². The molecule has 1 aromatic heterocycles. The Morgan fingerprint density at radius 3 is 2.59 bits per heavy atom. The van der Waals surface area contributed by atoms with Gasteiger partial charge < -0.3 is 14.7 Å². The van der Waals surface area contributed by atoms with Gasteiger partial charge in [0.1, 0.15) is 18.5 Å². The number of likely N-dealkylation sites (tertiary alicyclic amines) is 1. The predicted molar refractivity (Wildman–Crippen MR) is 105 cm³/mol. The van der Waals surface area contributed by atoms with Crippen LogP contribution in [0.2, 0.25) is 0 Å². The number of hydrogen-bond acceptors (Lipinski definition) is 7. The first-order chi connectivity index (χ1) is 13.2. The van der Waals surface area contributed by atoms with Crippen molar-refractivity contribution >= 4 is 16.5 Å². The van der Waals surface area contributed by atoms with Crippen LogP contribution in [0.1, 0.15) is 12.0 Å².